The van der Waals surface area contributed by atoms with Gasteiger partial charge >= 0.3 is 5.97 Å². The van der Waals surface area contributed by atoms with E-state index in [0.717, 1.165) is 5.56 Å². The van der Waals surface area contributed by atoms with Crippen LogP contribution in [-0.4, -0.2) is 49.4 Å². The van der Waals surface area contributed by atoms with Gasteiger partial charge in [0.25, 0.3) is 0 Å². The maximum Gasteiger partial charge on any atom is 0.307 e. The van der Waals surface area contributed by atoms with Gasteiger partial charge in [0.15, 0.2) is 0 Å². The first-order valence-corrected chi connectivity index (χ1v) is 8.71. The van der Waals surface area contributed by atoms with Crippen molar-refractivity contribution in [2.24, 2.45) is 0 Å². The normalized spacial score (nSPS) is 10.8. The summed E-state index contributed by atoms with van der Waals surface area (Å²) in [4.78, 5) is 36.3. The third-order valence-corrected chi connectivity index (χ3v) is 3.90. The first-order valence-electron chi connectivity index (χ1n) is 8.71. The van der Waals surface area contributed by atoms with Crippen LogP contribution in [0.5, 0.6) is 0 Å². The lowest BCUT2D eigenvalue weighted by atomic mass is 10.0. The molecular formula is C20H28N2O4. The molecule has 1 N–H and O–H groups in total. The van der Waals surface area contributed by atoms with Crippen LogP contribution in [0.1, 0.15) is 44.2 Å². The second kappa shape index (κ2) is 11.1. The van der Waals surface area contributed by atoms with Crippen LogP contribution in [0.4, 0.5) is 0 Å². The Hall–Kier alpha value is -2.63. The van der Waals surface area contributed by atoms with Crippen LogP contribution in [0.2, 0.25) is 0 Å². The molecule has 0 fully saturated rings. The van der Waals surface area contributed by atoms with Crippen LogP contribution in [0.25, 0.3) is 6.08 Å². The van der Waals surface area contributed by atoms with Gasteiger partial charge in [-0.25, -0.2) is 0 Å². The average Bonchev–Trinajstić information content (AvgIpc) is 2.62. The van der Waals surface area contributed by atoms with Gasteiger partial charge in [-0.2, -0.15) is 0 Å². The minimum absolute atomic E-state index is 0.110. The third kappa shape index (κ3) is 7.96. The predicted octanol–water partition coefficient (Wildman–Crippen LogP) is 2.35. The molecule has 0 bridgehead atoms. The van der Waals surface area contributed by atoms with Crippen molar-refractivity contribution in [3.63, 3.8) is 0 Å². The van der Waals surface area contributed by atoms with Crippen LogP contribution in [0.3, 0.4) is 0 Å². The van der Waals surface area contributed by atoms with Crippen molar-refractivity contribution < 1.29 is 19.1 Å². The van der Waals surface area contributed by atoms with E-state index >= 15 is 0 Å². The van der Waals surface area contributed by atoms with Gasteiger partial charge < -0.3 is 15.0 Å². The fourth-order valence-corrected chi connectivity index (χ4v) is 2.29. The van der Waals surface area contributed by atoms with E-state index in [1.807, 2.05) is 24.3 Å². The summed E-state index contributed by atoms with van der Waals surface area (Å²) in [5, 5.41) is 2.65. The number of nitrogens with one attached hydrogen (secondary N) is 1. The second-order valence-electron chi connectivity index (χ2n) is 6.29. The lowest BCUT2D eigenvalue weighted by Gasteiger charge is -2.20. The van der Waals surface area contributed by atoms with E-state index in [1.165, 1.54) is 30.6 Å². The molecule has 0 aliphatic heterocycles. The molecule has 26 heavy (non-hydrogen) atoms. The van der Waals surface area contributed by atoms with Gasteiger partial charge in [0.2, 0.25) is 11.8 Å². The number of methoxy groups -OCH3 is 1. The van der Waals surface area contributed by atoms with Crippen molar-refractivity contribution in [1.82, 2.24) is 10.2 Å². The van der Waals surface area contributed by atoms with E-state index in [2.05, 4.69) is 23.9 Å². The molecule has 0 aromatic heterocycles. The Morgan fingerprint density at radius 3 is 2.35 bits per heavy atom. The summed E-state index contributed by atoms with van der Waals surface area (Å²) in [6.07, 6.45) is 3.34. The molecule has 0 atom stereocenters. The van der Waals surface area contributed by atoms with Gasteiger partial charge in [-0.3, -0.25) is 14.4 Å². The number of ether oxygens (including phenoxy) is 1. The van der Waals surface area contributed by atoms with Crippen LogP contribution in [0, 0.1) is 0 Å². The number of carbonyl (C=O) groups is 3. The summed E-state index contributed by atoms with van der Waals surface area (Å²) in [6, 6.07) is 8.02. The molecule has 0 saturated heterocycles. The first-order chi connectivity index (χ1) is 12.3. The molecule has 6 heteroatoms. The van der Waals surface area contributed by atoms with Crippen molar-refractivity contribution in [1.29, 1.82) is 0 Å². The van der Waals surface area contributed by atoms with Crippen molar-refractivity contribution in [3.8, 4) is 0 Å². The third-order valence-electron chi connectivity index (χ3n) is 3.90. The zero-order valence-corrected chi connectivity index (χ0v) is 16.0. The Bertz CT molecular complexity index is 636. The minimum Gasteiger partial charge on any atom is -0.469 e. The van der Waals surface area contributed by atoms with Crippen LogP contribution < -0.4 is 5.32 Å². The van der Waals surface area contributed by atoms with Crippen molar-refractivity contribution in [2.75, 3.05) is 26.7 Å². The number of hydrogen-bond acceptors (Lipinski definition) is 4. The van der Waals surface area contributed by atoms with E-state index in [4.69, 9.17) is 0 Å². The van der Waals surface area contributed by atoms with Crippen molar-refractivity contribution in [3.05, 3.63) is 41.5 Å². The van der Waals surface area contributed by atoms with Crippen LogP contribution in [-0.2, 0) is 19.1 Å². The highest BCUT2D eigenvalue weighted by Gasteiger charge is 2.13. The molecule has 1 aromatic carbocycles. The Kier molecular flexibility index (Phi) is 9.12. The molecule has 1 rings (SSSR count). The van der Waals surface area contributed by atoms with Gasteiger partial charge in [-0.05, 0) is 23.1 Å². The summed E-state index contributed by atoms with van der Waals surface area (Å²) in [7, 11) is 1.31. The number of amides is 2. The fraction of sp³-hybridized carbons (Fsp3) is 0.450. The highest BCUT2D eigenvalue weighted by Crippen LogP contribution is 2.15. The zero-order chi connectivity index (χ0) is 19.5. The maximum atomic E-state index is 12.4. The SMILES string of the molecule is COC(=O)CCN(CCNC(C)=O)C(=O)/C=C/c1ccc(C(C)C)cc1. The quantitative estimate of drug-likeness (QED) is 0.542. The van der Waals surface area contributed by atoms with Crippen LogP contribution >= 0.6 is 0 Å². The first kappa shape index (κ1) is 21.4. The second-order valence-corrected chi connectivity index (χ2v) is 6.29. The van der Waals surface area contributed by atoms with Gasteiger partial charge in [0, 0.05) is 32.6 Å². The summed E-state index contributed by atoms with van der Waals surface area (Å²) in [5.74, 6) is -0.300. The summed E-state index contributed by atoms with van der Waals surface area (Å²) < 4.78 is 4.62. The zero-order valence-electron chi connectivity index (χ0n) is 16.0. The van der Waals surface area contributed by atoms with Crippen molar-refractivity contribution in [2.45, 2.75) is 33.1 Å². The maximum absolute atomic E-state index is 12.4. The lowest BCUT2D eigenvalue weighted by molar-refractivity contribution is -0.141. The fourth-order valence-electron chi connectivity index (χ4n) is 2.29. The summed E-state index contributed by atoms with van der Waals surface area (Å²) in [6.45, 7) is 6.57. The number of esters is 1. The molecule has 142 valence electrons. The Morgan fingerprint density at radius 2 is 1.81 bits per heavy atom. The largest absolute Gasteiger partial charge is 0.469 e. The minimum atomic E-state index is -0.379. The molecular weight excluding hydrogens is 332 g/mol. The number of benzene rings is 1. The van der Waals surface area contributed by atoms with E-state index in [-0.39, 0.29) is 30.7 Å². The van der Waals surface area contributed by atoms with E-state index in [0.29, 0.717) is 19.0 Å². The van der Waals surface area contributed by atoms with Gasteiger partial charge in [0.1, 0.15) is 0 Å². The highest BCUT2D eigenvalue weighted by molar-refractivity contribution is 5.92. The number of carbonyl (C=O) groups excluding carboxylic acids is 3. The van der Waals surface area contributed by atoms with Gasteiger partial charge in [0.05, 0.1) is 13.5 Å². The van der Waals surface area contributed by atoms with Gasteiger partial charge in [-0.15, -0.1) is 0 Å². The molecule has 2 amide bonds. The number of hydrogen-bond donors (Lipinski definition) is 1. The summed E-state index contributed by atoms with van der Waals surface area (Å²) in [5.41, 5.74) is 2.17. The van der Waals surface area contributed by atoms with E-state index in [9.17, 15) is 14.4 Å². The Labute approximate surface area is 155 Å². The number of nitrogens with zero attached hydrogens (tertiary/aromatic N) is 1. The Balaban J connectivity index is 2.71. The Morgan fingerprint density at radius 1 is 1.15 bits per heavy atom. The molecule has 0 radical (unpaired) electrons. The van der Waals surface area contributed by atoms with Crippen LogP contribution in [0.15, 0.2) is 30.3 Å². The highest BCUT2D eigenvalue weighted by atomic mass is 16.5. The van der Waals surface area contributed by atoms with Crippen molar-refractivity contribution >= 4 is 23.9 Å². The molecule has 0 spiro atoms. The molecule has 0 saturated carbocycles. The monoisotopic (exact) mass is 360 g/mol. The standard InChI is InChI=1S/C20H28N2O4/c1-15(2)18-8-5-17(6-9-18)7-10-19(24)22(13-11-20(25)26-4)14-12-21-16(3)23/h5-10,15H,11-14H2,1-4H3,(H,21,23)/b10-7+. The van der Waals surface area contributed by atoms with Gasteiger partial charge in [-0.1, -0.05) is 38.1 Å². The molecule has 0 unspecified atom stereocenters. The smallest absolute Gasteiger partial charge is 0.307 e. The molecule has 6 nitrogen and oxygen atoms in total. The van der Waals surface area contributed by atoms with E-state index < -0.39 is 0 Å². The molecule has 1 aromatic rings. The number of rotatable bonds is 9. The molecule has 0 aliphatic carbocycles. The molecule has 0 heterocycles. The lowest BCUT2D eigenvalue weighted by Crippen LogP contribution is -2.38. The topological polar surface area (TPSA) is 75.7 Å². The van der Waals surface area contributed by atoms with E-state index in [1.54, 1.807) is 6.08 Å². The molecule has 0 aliphatic rings. The average molecular weight is 360 g/mol. The predicted molar refractivity (Wildman–Crippen MR) is 101 cm³/mol. The summed E-state index contributed by atoms with van der Waals surface area (Å²) >= 11 is 0.